The van der Waals surface area contributed by atoms with Gasteiger partial charge in [0.25, 0.3) is 0 Å². The number of amides is 8. The van der Waals surface area contributed by atoms with Gasteiger partial charge in [-0.05, 0) is 70.4 Å². The van der Waals surface area contributed by atoms with Gasteiger partial charge < -0.3 is 70.8 Å². The number of aliphatic hydroxyl groups is 1. The summed E-state index contributed by atoms with van der Waals surface area (Å²) in [4.78, 5) is 114. The van der Waals surface area contributed by atoms with Gasteiger partial charge >= 0.3 is 5.97 Å². The molecule has 314 valence electrons. The smallest absolute Gasteiger partial charge is 0.326 e. The summed E-state index contributed by atoms with van der Waals surface area (Å²) in [5.41, 5.74) is 26.9. The summed E-state index contributed by atoms with van der Waals surface area (Å²) >= 11 is 0. The molecular weight excluding hydrogens is 726 g/mol. The van der Waals surface area contributed by atoms with Crippen LogP contribution in [0.1, 0.15) is 84.5 Å². The topological polar surface area (TPSA) is 396 Å². The third kappa shape index (κ3) is 20.4. The van der Waals surface area contributed by atoms with Crippen molar-refractivity contribution < 1.29 is 53.4 Å². The molecule has 0 aliphatic rings. The molecule has 8 amide bonds. The highest BCUT2D eigenvalue weighted by atomic mass is 16.4. The van der Waals surface area contributed by atoms with E-state index >= 15 is 0 Å². The number of nitrogens with two attached hydrogens (primary N) is 5. The van der Waals surface area contributed by atoms with Gasteiger partial charge in [0.2, 0.25) is 47.3 Å². The maximum absolute atomic E-state index is 13.8. The largest absolute Gasteiger partial charge is 0.480 e. The molecule has 0 aromatic carbocycles. The van der Waals surface area contributed by atoms with Crippen molar-refractivity contribution in [2.75, 3.05) is 26.2 Å². The SMILES string of the molecule is CC[C@H](C)[C@H](NC(=O)[C@H](CCCCN)NC(=O)[C@H](CCCCN)NC(=O)[C@H](CO)NC(=O)CN)C(=O)N[C@@H](CCC(N)=O)C(=O)N[C@@H](CCC(N)=O)C(=O)O. The molecule has 0 radical (unpaired) electrons. The molecule has 0 rings (SSSR count). The molecule has 22 nitrogen and oxygen atoms in total. The Hall–Kier alpha value is -4.93. The van der Waals surface area contributed by atoms with Crippen LogP contribution in [0.15, 0.2) is 0 Å². The Morgan fingerprint density at radius 1 is 0.545 bits per heavy atom. The van der Waals surface area contributed by atoms with Crippen molar-refractivity contribution in [3.63, 3.8) is 0 Å². The van der Waals surface area contributed by atoms with E-state index in [1.165, 1.54) is 0 Å². The van der Waals surface area contributed by atoms with Crippen molar-refractivity contribution >= 4 is 53.2 Å². The molecule has 22 heteroatoms. The fraction of sp³-hybridized carbons (Fsp3) is 0.727. The number of hydrogen-bond acceptors (Lipinski definition) is 13. The third-order valence-electron chi connectivity index (χ3n) is 8.58. The molecule has 0 saturated carbocycles. The minimum absolute atomic E-state index is 0.0599. The zero-order valence-corrected chi connectivity index (χ0v) is 31.6. The van der Waals surface area contributed by atoms with E-state index in [1.54, 1.807) is 13.8 Å². The zero-order valence-electron chi connectivity index (χ0n) is 31.6. The van der Waals surface area contributed by atoms with E-state index in [0.29, 0.717) is 32.1 Å². The lowest BCUT2D eigenvalue weighted by atomic mass is 9.96. The van der Waals surface area contributed by atoms with Gasteiger partial charge in [-0.3, -0.25) is 38.4 Å². The van der Waals surface area contributed by atoms with Crippen LogP contribution < -0.4 is 60.6 Å². The number of nitrogens with one attached hydrogen (secondary N) is 6. The molecule has 0 aliphatic carbocycles. The molecule has 0 aromatic rings. The normalized spacial score (nSPS) is 14.7. The molecule has 0 fully saturated rings. The van der Waals surface area contributed by atoms with Crippen LogP contribution in [0.2, 0.25) is 0 Å². The van der Waals surface area contributed by atoms with Crippen molar-refractivity contribution in [1.82, 2.24) is 31.9 Å². The van der Waals surface area contributed by atoms with Crippen molar-refractivity contribution in [2.45, 2.75) is 121 Å². The maximum Gasteiger partial charge on any atom is 0.326 e. The quantitative estimate of drug-likeness (QED) is 0.0303. The second kappa shape index (κ2) is 27.6. The first-order valence-corrected chi connectivity index (χ1v) is 18.3. The van der Waals surface area contributed by atoms with E-state index in [2.05, 4.69) is 31.9 Å². The predicted molar refractivity (Wildman–Crippen MR) is 197 cm³/mol. The fourth-order valence-corrected chi connectivity index (χ4v) is 5.10. The van der Waals surface area contributed by atoms with Crippen molar-refractivity contribution in [3.8, 4) is 0 Å². The highest BCUT2D eigenvalue weighted by molar-refractivity contribution is 5.97. The Bertz CT molecular complexity index is 1300. The molecule has 0 aliphatic heterocycles. The highest BCUT2D eigenvalue weighted by Crippen LogP contribution is 2.12. The lowest BCUT2D eigenvalue weighted by Crippen LogP contribution is -2.60. The number of carbonyl (C=O) groups is 9. The molecule has 0 saturated heterocycles. The lowest BCUT2D eigenvalue weighted by molar-refractivity contribution is -0.143. The van der Waals surface area contributed by atoms with Gasteiger partial charge in [0, 0.05) is 12.8 Å². The summed E-state index contributed by atoms with van der Waals surface area (Å²) in [6, 6.07) is -8.26. The minimum Gasteiger partial charge on any atom is -0.480 e. The molecule has 18 N–H and O–H groups in total. The van der Waals surface area contributed by atoms with Gasteiger partial charge in [-0.15, -0.1) is 0 Å². The highest BCUT2D eigenvalue weighted by Gasteiger charge is 2.35. The van der Waals surface area contributed by atoms with Gasteiger partial charge in [-0.25, -0.2) is 4.79 Å². The minimum atomic E-state index is -1.56. The van der Waals surface area contributed by atoms with E-state index in [0.717, 1.165) is 0 Å². The van der Waals surface area contributed by atoms with Crippen LogP contribution in [0, 0.1) is 5.92 Å². The molecule has 0 unspecified atom stereocenters. The number of carboxylic acid groups (broad SMARTS) is 1. The number of hydrogen-bond donors (Lipinski definition) is 13. The summed E-state index contributed by atoms with van der Waals surface area (Å²) in [7, 11) is 0. The summed E-state index contributed by atoms with van der Waals surface area (Å²) in [5, 5.41) is 33.9. The monoisotopic (exact) mass is 787 g/mol. The average molecular weight is 788 g/mol. The van der Waals surface area contributed by atoms with Gasteiger partial charge in [-0.1, -0.05) is 20.3 Å². The maximum atomic E-state index is 13.8. The molecule has 0 bridgehead atoms. The fourth-order valence-electron chi connectivity index (χ4n) is 5.10. The van der Waals surface area contributed by atoms with Crippen LogP contribution in [-0.4, -0.2) is 126 Å². The number of carbonyl (C=O) groups excluding carboxylic acids is 8. The Morgan fingerprint density at radius 3 is 1.35 bits per heavy atom. The Kier molecular flexibility index (Phi) is 25.1. The number of carboxylic acids is 1. The van der Waals surface area contributed by atoms with Crippen LogP contribution in [-0.2, 0) is 43.2 Å². The van der Waals surface area contributed by atoms with Crippen LogP contribution in [0.4, 0.5) is 0 Å². The number of rotatable bonds is 30. The van der Waals surface area contributed by atoms with Crippen LogP contribution >= 0.6 is 0 Å². The Morgan fingerprint density at radius 2 is 0.945 bits per heavy atom. The number of unbranched alkanes of at least 4 members (excludes halogenated alkanes) is 2. The van der Waals surface area contributed by atoms with Crippen LogP contribution in [0.5, 0.6) is 0 Å². The van der Waals surface area contributed by atoms with E-state index in [4.69, 9.17) is 28.7 Å². The molecule has 0 spiro atoms. The molecule has 55 heavy (non-hydrogen) atoms. The molecule has 0 heterocycles. The van der Waals surface area contributed by atoms with E-state index in [-0.39, 0.29) is 51.6 Å². The first kappa shape index (κ1) is 50.1. The third-order valence-corrected chi connectivity index (χ3v) is 8.58. The second-order valence-electron chi connectivity index (χ2n) is 13.0. The first-order valence-electron chi connectivity index (χ1n) is 18.3. The predicted octanol–water partition coefficient (Wildman–Crippen LogP) is -5.23. The van der Waals surface area contributed by atoms with E-state index in [1.807, 2.05) is 0 Å². The summed E-state index contributed by atoms with van der Waals surface area (Å²) in [5.74, 6) is -8.71. The standard InChI is InChI=1S/C33H61N11O11/c1-3-18(2)27(32(53)42-21(10-12-24(37)46)29(50)43-22(33(54)55)11-13-25(38)47)44-30(51)20(9-5-7-15-35)40-28(49)19(8-4-6-14-34)41-31(52)23(17-45)39-26(48)16-36/h18-23,27,45H,3-17,34-36H2,1-2H3,(H2,37,46)(H2,38,47)(H,39,48)(H,40,49)(H,41,52)(H,42,53)(H,43,50)(H,44,51)(H,54,55)/t18-,19-,20-,21-,22-,23-,27-/m0/s1. The summed E-state index contributed by atoms with van der Waals surface area (Å²) in [6.07, 6.45) is 0.766. The molecular formula is C33H61N11O11. The van der Waals surface area contributed by atoms with Gasteiger partial charge in [0.05, 0.1) is 13.2 Å². The summed E-state index contributed by atoms with van der Waals surface area (Å²) in [6.45, 7) is 2.68. The van der Waals surface area contributed by atoms with Crippen molar-refractivity contribution in [2.24, 2.45) is 34.6 Å². The Balaban J connectivity index is 6.36. The molecule has 0 aromatic heterocycles. The summed E-state index contributed by atoms with van der Waals surface area (Å²) < 4.78 is 0. The number of primary amides is 2. The van der Waals surface area contributed by atoms with Gasteiger partial charge in [0.15, 0.2) is 0 Å². The van der Waals surface area contributed by atoms with Gasteiger partial charge in [-0.2, -0.15) is 0 Å². The van der Waals surface area contributed by atoms with Crippen molar-refractivity contribution in [1.29, 1.82) is 0 Å². The number of aliphatic hydroxyl groups excluding tert-OH is 1. The number of aliphatic carboxylic acids is 1. The van der Waals surface area contributed by atoms with Gasteiger partial charge in [0.1, 0.15) is 36.3 Å². The second-order valence-corrected chi connectivity index (χ2v) is 13.0. The van der Waals surface area contributed by atoms with Crippen molar-refractivity contribution in [3.05, 3.63) is 0 Å². The van der Waals surface area contributed by atoms with E-state index < -0.39 is 109 Å². The average Bonchev–Trinajstić information content (AvgIpc) is 3.14. The first-order chi connectivity index (χ1) is 25.9. The van der Waals surface area contributed by atoms with Crippen LogP contribution in [0.25, 0.3) is 0 Å². The van der Waals surface area contributed by atoms with Crippen LogP contribution in [0.3, 0.4) is 0 Å². The lowest BCUT2D eigenvalue weighted by Gasteiger charge is -2.29. The Labute approximate surface area is 319 Å². The molecule has 7 atom stereocenters. The zero-order chi connectivity index (χ0) is 42.1. The van der Waals surface area contributed by atoms with E-state index in [9.17, 15) is 53.4 Å².